The minimum atomic E-state index is 0.174. The Labute approximate surface area is 89.3 Å². The Kier molecular flexibility index (Phi) is 4.45. The van der Waals surface area contributed by atoms with E-state index in [-0.39, 0.29) is 6.61 Å². The first-order valence-corrected chi connectivity index (χ1v) is 4.88. The summed E-state index contributed by atoms with van der Waals surface area (Å²) in [4.78, 5) is 0. The summed E-state index contributed by atoms with van der Waals surface area (Å²) in [6.07, 6.45) is 1.03. The van der Waals surface area contributed by atoms with Gasteiger partial charge < -0.3 is 16.2 Å². The van der Waals surface area contributed by atoms with Crippen molar-refractivity contribution in [3.63, 3.8) is 0 Å². The normalized spacial score (nSPS) is 9.60. The predicted molar refractivity (Wildman–Crippen MR) is 60.4 cm³/mol. The zero-order chi connectivity index (χ0) is 11.1. The van der Waals surface area contributed by atoms with E-state index in [0.717, 1.165) is 11.3 Å². The second kappa shape index (κ2) is 5.89. The Balaban J connectivity index is 2.66. The minimum absolute atomic E-state index is 0.174. The van der Waals surface area contributed by atoms with Crippen molar-refractivity contribution in [1.29, 1.82) is 5.26 Å². The fourth-order valence-electron chi connectivity index (χ4n) is 1.27. The average molecular weight is 205 g/mol. The van der Waals surface area contributed by atoms with E-state index in [4.69, 9.17) is 16.1 Å². The standard InChI is InChI=1S/C11H15N3O/c12-5-4-9-8-10(2-3-11(9)13)14-6-1-7-15/h2-3,8,14-15H,1,4,6-7,13H2. The summed E-state index contributed by atoms with van der Waals surface area (Å²) in [6.45, 7) is 0.888. The van der Waals surface area contributed by atoms with Crippen molar-refractivity contribution in [2.75, 3.05) is 24.2 Å². The largest absolute Gasteiger partial charge is 0.398 e. The van der Waals surface area contributed by atoms with Gasteiger partial charge in [-0.25, -0.2) is 0 Å². The second-order valence-corrected chi connectivity index (χ2v) is 3.25. The van der Waals surface area contributed by atoms with Crippen LogP contribution in [0.5, 0.6) is 0 Å². The number of hydrogen-bond acceptors (Lipinski definition) is 4. The zero-order valence-corrected chi connectivity index (χ0v) is 8.53. The van der Waals surface area contributed by atoms with Crippen LogP contribution in [0.25, 0.3) is 0 Å². The van der Waals surface area contributed by atoms with Crippen LogP contribution in [0.2, 0.25) is 0 Å². The van der Waals surface area contributed by atoms with E-state index in [2.05, 4.69) is 11.4 Å². The third-order valence-corrected chi connectivity index (χ3v) is 2.08. The molecule has 0 aliphatic heterocycles. The van der Waals surface area contributed by atoms with Gasteiger partial charge in [-0.3, -0.25) is 0 Å². The van der Waals surface area contributed by atoms with Crippen molar-refractivity contribution >= 4 is 11.4 Å². The number of nitrogens with two attached hydrogens (primary N) is 1. The molecule has 0 aromatic heterocycles. The molecular formula is C11H15N3O. The van der Waals surface area contributed by atoms with E-state index < -0.39 is 0 Å². The number of benzene rings is 1. The first-order chi connectivity index (χ1) is 7.27. The van der Waals surface area contributed by atoms with Crippen LogP contribution in [-0.4, -0.2) is 18.3 Å². The van der Waals surface area contributed by atoms with Gasteiger partial charge in [-0.05, 0) is 30.2 Å². The van der Waals surface area contributed by atoms with Gasteiger partial charge in [-0.15, -0.1) is 0 Å². The van der Waals surface area contributed by atoms with E-state index in [0.29, 0.717) is 25.1 Å². The third kappa shape index (κ3) is 3.49. The molecule has 0 saturated heterocycles. The lowest BCUT2D eigenvalue weighted by Gasteiger charge is -2.08. The van der Waals surface area contributed by atoms with Gasteiger partial charge in [-0.1, -0.05) is 0 Å². The Morgan fingerprint density at radius 1 is 1.47 bits per heavy atom. The number of aliphatic hydroxyl groups excluding tert-OH is 1. The Hall–Kier alpha value is -1.73. The number of hydrogen-bond donors (Lipinski definition) is 3. The van der Waals surface area contributed by atoms with Crippen LogP contribution >= 0.6 is 0 Å². The lowest BCUT2D eigenvalue weighted by molar-refractivity contribution is 0.292. The topological polar surface area (TPSA) is 82.1 Å². The van der Waals surface area contributed by atoms with Gasteiger partial charge in [0.2, 0.25) is 0 Å². The number of rotatable bonds is 5. The number of nitriles is 1. The van der Waals surface area contributed by atoms with Gasteiger partial charge in [0.25, 0.3) is 0 Å². The zero-order valence-electron chi connectivity index (χ0n) is 8.53. The number of nitrogen functional groups attached to an aromatic ring is 1. The lowest BCUT2D eigenvalue weighted by Crippen LogP contribution is -2.04. The van der Waals surface area contributed by atoms with Gasteiger partial charge in [0.1, 0.15) is 0 Å². The molecule has 0 bridgehead atoms. The Bertz CT molecular complexity index is 357. The highest BCUT2D eigenvalue weighted by Crippen LogP contribution is 2.18. The van der Waals surface area contributed by atoms with Crippen LogP contribution < -0.4 is 11.1 Å². The maximum atomic E-state index is 8.62. The molecule has 0 spiro atoms. The SMILES string of the molecule is N#CCc1cc(NCCCO)ccc1N. The van der Waals surface area contributed by atoms with Crippen LogP contribution in [-0.2, 0) is 6.42 Å². The molecule has 80 valence electrons. The van der Waals surface area contributed by atoms with E-state index in [1.807, 2.05) is 12.1 Å². The summed E-state index contributed by atoms with van der Waals surface area (Å²) >= 11 is 0. The molecule has 1 aromatic carbocycles. The van der Waals surface area contributed by atoms with Crippen LogP contribution in [0, 0.1) is 11.3 Å². The summed E-state index contributed by atoms with van der Waals surface area (Å²) < 4.78 is 0. The van der Waals surface area contributed by atoms with E-state index in [9.17, 15) is 0 Å². The molecule has 0 heterocycles. The molecule has 0 amide bonds. The highest BCUT2D eigenvalue weighted by molar-refractivity contribution is 5.57. The van der Waals surface area contributed by atoms with Gasteiger partial charge in [0.05, 0.1) is 12.5 Å². The number of aliphatic hydroxyl groups is 1. The molecule has 0 atom stereocenters. The first-order valence-electron chi connectivity index (χ1n) is 4.88. The molecule has 0 unspecified atom stereocenters. The minimum Gasteiger partial charge on any atom is -0.398 e. The van der Waals surface area contributed by atoms with Gasteiger partial charge in [0, 0.05) is 24.5 Å². The second-order valence-electron chi connectivity index (χ2n) is 3.25. The van der Waals surface area contributed by atoms with Crippen molar-refractivity contribution in [2.45, 2.75) is 12.8 Å². The van der Waals surface area contributed by atoms with Gasteiger partial charge in [-0.2, -0.15) is 5.26 Å². The Morgan fingerprint density at radius 2 is 2.27 bits per heavy atom. The maximum Gasteiger partial charge on any atom is 0.0670 e. The molecule has 0 radical (unpaired) electrons. The van der Waals surface area contributed by atoms with E-state index >= 15 is 0 Å². The highest BCUT2D eigenvalue weighted by Gasteiger charge is 2.00. The summed E-state index contributed by atoms with van der Waals surface area (Å²) in [5.74, 6) is 0. The summed E-state index contributed by atoms with van der Waals surface area (Å²) in [5, 5.41) is 20.4. The van der Waals surface area contributed by atoms with Crippen LogP contribution in [0.15, 0.2) is 18.2 Å². The maximum absolute atomic E-state index is 8.62. The molecule has 4 N–H and O–H groups in total. The molecule has 1 aromatic rings. The van der Waals surface area contributed by atoms with Crippen molar-refractivity contribution < 1.29 is 5.11 Å². The molecule has 0 aliphatic rings. The molecule has 0 aliphatic carbocycles. The number of anilines is 2. The van der Waals surface area contributed by atoms with Gasteiger partial charge in [0.15, 0.2) is 0 Å². The predicted octanol–water partition coefficient (Wildman–Crippen LogP) is 1.13. The summed E-state index contributed by atoms with van der Waals surface area (Å²) in [5.41, 5.74) is 8.13. The smallest absolute Gasteiger partial charge is 0.0670 e. The quantitative estimate of drug-likeness (QED) is 0.497. The molecule has 0 fully saturated rings. The molecule has 4 heteroatoms. The Morgan fingerprint density at radius 3 is 2.93 bits per heavy atom. The fraction of sp³-hybridized carbons (Fsp3) is 0.364. The van der Waals surface area contributed by atoms with Crippen LogP contribution in [0.4, 0.5) is 11.4 Å². The monoisotopic (exact) mass is 205 g/mol. The van der Waals surface area contributed by atoms with Gasteiger partial charge >= 0.3 is 0 Å². The molecule has 1 rings (SSSR count). The van der Waals surface area contributed by atoms with Crippen molar-refractivity contribution in [3.05, 3.63) is 23.8 Å². The van der Waals surface area contributed by atoms with Crippen LogP contribution in [0.3, 0.4) is 0 Å². The lowest BCUT2D eigenvalue weighted by atomic mass is 10.1. The van der Waals surface area contributed by atoms with E-state index in [1.54, 1.807) is 6.07 Å². The summed E-state index contributed by atoms with van der Waals surface area (Å²) in [6, 6.07) is 7.60. The average Bonchev–Trinajstić information content (AvgIpc) is 2.23. The fourth-order valence-corrected chi connectivity index (χ4v) is 1.27. The molecule has 4 nitrogen and oxygen atoms in total. The third-order valence-electron chi connectivity index (χ3n) is 2.08. The first kappa shape index (κ1) is 11.3. The van der Waals surface area contributed by atoms with E-state index in [1.165, 1.54) is 0 Å². The van der Waals surface area contributed by atoms with Crippen molar-refractivity contribution in [3.8, 4) is 6.07 Å². The molecule has 0 saturated carbocycles. The molecule has 15 heavy (non-hydrogen) atoms. The highest BCUT2D eigenvalue weighted by atomic mass is 16.3. The summed E-state index contributed by atoms with van der Waals surface area (Å²) in [7, 11) is 0. The number of nitrogens with one attached hydrogen (secondary N) is 1. The van der Waals surface area contributed by atoms with Crippen molar-refractivity contribution in [1.82, 2.24) is 0 Å². The molecular weight excluding hydrogens is 190 g/mol. The van der Waals surface area contributed by atoms with Crippen molar-refractivity contribution in [2.24, 2.45) is 0 Å². The van der Waals surface area contributed by atoms with Crippen LogP contribution in [0.1, 0.15) is 12.0 Å². The number of nitrogens with zero attached hydrogens (tertiary/aromatic N) is 1.